The zero-order valence-electron chi connectivity index (χ0n) is 7.80. The molecule has 5 heteroatoms. The first-order valence-electron chi connectivity index (χ1n) is 3.88. The van der Waals surface area contributed by atoms with E-state index in [0.29, 0.717) is 16.5 Å². The van der Waals surface area contributed by atoms with Crippen LogP contribution in [-0.2, 0) is 0 Å². The molecule has 1 amide bonds. The van der Waals surface area contributed by atoms with Crippen LogP contribution in [0.3, 0.4) is 0 Å². The van der Waals surface area contributed by atoms with Gasteiger partial charge in [-0.15, -0.1) is 0 Å². The molecule has 4 nitrogen and oxygen atoms in total. The second-order valence-corrected chi connectivity index (χ2v) is 3.14. The van der Waals surface area contributed by atoms with Crippen LogP contribution < -0.4 is 10.1 Å². The second kappa shape index (κ2) is 4.19. The standard InChI is InChI=1S/C9H10ClNO3/c1-5-3-7(11-9(12)13)8(14-2)4-6(5)10/h3-4,11H,1-2H3,(H,12,13). The van der Waals surface area contributed by atoms with Gasteiger partial charge in [0.1, 0.15) is 5.75 Å². The molecule has 1 aromatic carbocycles. The molecule has 0 bridgehead atoms. The Morgan fingerprint density at radius 3 is 2.71 bits per heavy atom. The Bertz CT molecular complexity index is 365. The van der Waals surface area contributed by atoms with E-state index < -0.39 is 6.09 Å². The number of nitrogens with one attached hydrogen (secondary N) is 1. The van der Waals surface area contributed by atoms with Gasteiger partial charge < -0.3 is 9.84 Å². The fraction of sp³-hybridized carbons (Fsp3) is 0.222. The van der Waals surface area contributed by atoms with E-state index in [2.05, 4.69) is 5.32 Å². The number of carboxylic acid groups (broad SMARTS) is 1. The molecule has 0 aliphatic heterocycles. The highest BCUT2D eigenvalue weighted by molar-refractivity contribution is 6.31. The quantitative estimate of drug-likeness (QED) is 0.798. The minimum atomic E-state index is -1.13. The molecule has 0 saturated carbocycles. The number of anilines is 1. The molecule has 0 fully saturated rings. The van der Waals surface area contributed by atoms with Gasteiger partial charge in [0.05, 0.1) is 12.8 Å². The van der Waals surface area contributed by atoms with Crippen molar-refractivity contribution in [1.29, 1.82) is 0 Å². The van der Waals surface area contributed by atoms with Crippen molar-refractivity contribution in [3.05, 3.63) is 22.7 Å². The molecular weight excluding hydrogens is 206 g/mol. The minimum absolute atomic E-state index is 0.391. The molecule has 2 N–H and O–H groups in total. The van der Waals surface area contributed by atoms with Crippen LogP contribution >= 0.6 is 11.6 Å². The van der Waals surface area contributed by atoms with Crippen molar-refractivity contribution in [2.45, 2.75) is 6.92 Å². The first-order chi connectivity index (χ1) is 6.54. The molecule has 0 aliphatic carbocycles. The Labute approximate surface area is 86.4 Å². The summed E-state index contributed by atoms with van der Waals surface area (Å²) < 4.78 is 4.97. The van der Waals surface area contributed by atoms with Gasteiger partial charge in [0, 0.05) is 11.1 Å². The summed E-state index contributed by atoms with van der Waals surface area (Å²) in [5, 5.41) is 11.3. The van der Waals surface area contributed by atoms with Crippen LogP contribution in [0.25, 0.3) is 0 Å². The molecule has 0 saturated heterocycles. The number of carbonyl (C=O) groups is 1. The van der Waals surface area contributed by atoms with Crippen LogP contribution in [0, 0.1) is 6.92 Å². The maximum Gasteiger partial charge on any atom is 0.409 e. The highest BCUT2D eigenvalue weighted by atomic mass is 35.5. The molecule has 0 spiro atoms. The van der Waals surface area contributed by atoms with E-state index in [9.17, 15) is 4.79 Å². The smallest absolute Gasteiger partial charge is 0.409 e. The second-order valence-electron chi connectivity index (χ2n) is 2.73. The van der Waals surface area contributed by atoms with E-state index in [1.54, 1.807) is 19.1 Å². The zero-order valence-corrected chi connectivity index (χ0v) is 8.55. The number of benzene rings is 1. The van der Waals surface area contributed by atoms with Crippen LogP contribution in [0.4, 0.5) is 10.5 Å². The van der Waals surface area contributed by atoms with Crippen molar-refractivity contribution in [1.82, 2.24) is 0 Å². The Morgan fingerprint density at radius 2 is 2.21 bits per heavy atom. The number of hydrogen-bond donors (Lipinski definition) is 2. The lowest BCUT2D eigenvalue weighted by molar-refractivity contribution is 0.209. The number of rotatable bonds is 2. The lowest BCUT2D eigenvalue weighted by Gasteiger charge is -2.09. The fourth-order valence-corrected chi connectivity index (χ4v) is 1.20. The maximum atomic E-state index is 10.4. The van der Waals surface area contributed by atoms with Gasteiger partial charge in [-0.1, -0.05) is 11.6 Å². The Balaban J connectivity index is 3.13. The monoisotopic (exact) mass is 215 g/mol. The first kappa shape index (κ1) is 10.7. The lowest BCUT2D eigenvalue weighted by Crippen LogP contribution is -2.08. The van der Waals surface area contributed by atoms with Crippen molar-refractivity contribution in [2.75, 3.05) is 12.4 Å². The van der Waals surface area contributed by atoms with E-state index in [1.165, 1.54) is 7.11 Å². The molecule has 1 rings (SSSR count). The summed E-state index contributed by atoms with van der Waals surface area (Å²) in [5.74, 6) is 0.406. The summed E-state index contributed by atoms with van der Waals surface area (Å²) in [7, 11) is 1.45. The summed E-state index contributed by atoms with van der Waals surface area (Å²) in [6.45, 7) is 1.79. The third-order valence-electron chi connectivity index (χ3n) is 1.72. The SMILES string of the molecule is COc1cc(Cl)c(C)cc1NC(=O)O. The molecule has 0 aromatic heterocycles. The van der Waals surface area contributed by atoms with Crippen LogP contribution in [0.15, 0.2) is 12.1 Å². The summed E-state index contributed by atoms with van der Waals surface area (Å²) in [4.78, 5) is 10.4. The van der Waals surface area contributed by atoms with Gasteiger partial charge in [0.15, 0.2) is 0 Å². The third-order valence-corrected chi connectivity index (χ3v) is 2.13. The van der Waals surface area contributed by atoms with Gasteiger partial charge in [-0.3, -0.25) is 5.32 Å². The van der Waals surface area contributed by atoms with E-state index >= 15 is 0 Å². The van der Waals surface area contributed by atoms with Gasteiger partial charge in [-0.05, 0) is 18.6 Å². The largest absolute Gasteiger partial charge is 0.495 e. The van der Waals surface area contributed by atoms with E-state index in [4.69, 9.17) is 21.4 Å². The number of methoxy groups -OCH3 is 1. The van der Waals surface area contributed by atoms with Crippen molar-refractivity contribution in [3.63, 3.8) is 0 Å². The molecule has 0 unspecified atom stereocenters. The average Bonchev–Trinajstić information content (AvgIpc) is 2.10. The van der Waals surface area contributed by atoms with Gasteiger partial charge >= 0.3 is 6.09 Å². The molecule has 0 atom stereocenters. The highest BCUT2D eigenvalue weighted by Crippen LogP contribution is 2.30. The molecule has 76 valence electrons. The number of halogens is 1. The van der Waals surface area contributed by atoms with Gasteiger partial charge in [-0.2, -0.15) is 0 Å². The van der Waals surface area contributed by atoms with Crippen LogP contribution in [0.1, 0.15) is 5.56 Å². The predicted molar refractivity (Wildman–Crippen MR) is 54.4 cm³/mol. The number of hydrogen-bond acceptors (Lipinski definition) is 2. The minimum Gasteiger partial charge on any atom is -0.495 e. The van der Waals surface area contributed by atoms with E-state index in [1.807, 2.05) is 0 Å². The van der Waals surface area contributed by atoms with Crippen molar-refractivity contribution in [2.24, 2.45) is 0 Å². The summed E-state index contributed by atoms with van der Waals surface area (Å²) in [5.41, 5.74) is 1.18. The summed E-state index contributed by atoms with van der Waals surface area (Å²) in [6, 6.07) is 3.19. The normalized spacial score (nSPS) is 9.64. The zero-order chi connectivity index (χ0) is 10.7. The molecule has 0 aliphatic rings. The maximum absolute atomic E-state index is 10.4. The first-order valence-corrected chi connectivity index (χ1v) is 4.26. The van der Waals surface area contributed by atoms with Gasteiger partial charge in [0.2, 0.25) is 0 Å². The summed E-state index contributed by atoms with van der Waals surface area (Å²) >= 11 is 5.85. The molecule has 0 heterocycles. The third kappa shape index (κ3) is 2.29. The predicted octanol–water partition coefficient (Wildman–Crippen LogP) is 2.75. The fourth-order valence-electron chi connectivity index (χ4n) is 1.05. The summed E-state index contributed by atoms with van der Waals surface area (Å²) in [6.07, 6.45) is -1.13. The Kier molecular flexibility index (Phi) is 3.19. The molecular formula is C9H10ClNO3. The van der Waals surface area contributed by atoms with Crippen LogP contribution in [-0.4, -0.2) is 18.3 Å². The van der Waals surface area contributed by atoms with E-state index in [-0.39, 0.29) is 0 Å². The van der Waals surface area contributed by atoms with Crippen LogP contribution in [0.2, 0.25) is 5.02 Å². The highest BCUT2D eigenvalue weighted by Gasteiger charge is 2.08. The average molecular weight is 216 g/mol. The van der Waals surface area contributed by atoms with Crippen molar-refractivity contribution < 1.29 is 14.6 Å². The van der Waals surface area contributed by atoms with Crippen molar-refractivity contribution in [3.8, 4) is 5.75 Å². The van der Waals surface area contributed by atoms with E-state index in [0.717, 1.165) is 5.56 Å². The van der Waals surface area contributed by atoms with Crippen molar-refractivity contribution >= 4 is 23.4 Å². The van der Waals surface area contributed by atoms with Gasteiger partial charge in [-0.25, -0.2) is 4.79 Å². The molecule has 0 radical (unpaired) electrons. The van der Waals surface area contributed by atoms with Gasteiger partial charge in [0.25, 0.3) is 0 Å². The molecule has 14 heavy (non-hydrogen) atoms. The molecule has 1 aromatic rings. The number of amides is 1. The number of aryl methyl sites for hydroxylation is 1. The van der Waals surface area contributed by atoms with Crippen LogP contribution in [0.5, 0.6) is 5.75 Å². The Morgan fingerprint density at radius 1 is 1.57 bits per heavy atom. The number of ether oxygens (including phenoxy) is 1. The Hall–Kier alpha value is -1.42. The lowest BCUT2D eigenvalue weighted by atomic mass is 10.2. The topological polar surface area (TPSA) is 58.6 Å².